The number of nitrogens with one attached hydrogen (secondary N) is 1. The van der Waals surface area contributed by atoms with Crippen molar-refractivity contribution in [3.05, 3.63) is 18.3 Å². The molecule has 0 aliphatic heterocycles. The summed E-state index contributed by atoms with van der Waals surface area (Å²) >= 11 is 0. The number of nitrogens with zero attached hydrogens (tertiary/aromatic N) is 2. The van der Waals surface area contributed by atoms with E-state index in [1.165, 1.54) is 0 Å². The average Bonchev–Trinajstić information content (AvgIpc) is 2.16. The third-order valence-corrected chi connectivity index (χ3v) is 1.70. The van der Waals surface area contributed by atoms with Crippen molar-refractivity contribution in [2.45, 2.75) is 19.4 Å². The van der Waals surface area contributed by atoms with Crippen LogP contribution in [-0.4, -0.2) is 22.8 Å². The van der Waals surface area contributed by atoms with Gasteiger partial charge in [-0.2, -0.15) is 5.10 Å². The monoisotopic (exact) mass is 166 g/mol. The molecular formula is C8H14N4. The molecule has 1 rings (SSSR count). The Kier molecular flexibility index (Phi) is 3.47. The smallest absolute Gasteiger partial charge is 0.148 e. The first-order chi connectivity index (χ1) is 5.86. The largest absolute Gasteiger partial charge is 0.365 e. The summed E-state index contributed by atoms with van der Waals surface area (Å²) in [5.41, 5.74) is 5.52. The highest BCUT2D eigenvalue weighted by molar-refractivity contribution is 5.32. The van der Waals surface area contributed by atoms with Gasteiger partial charge in [-0.1, -0.05) is 6.92 Å². The van der Waals surface area contributed by atoms with Crippen LogP contribution >= 0.6 is 0 Å². The zero-order chi connectivity index (χ0) is 8.81. The summed E-state index contributed by atoms with van der Waals surface area (Å²) in [7, 11) is 0. The summed E-state index contributed by atoms with van der Waals surface area (Å²) in [6.45, 7) is 2.70. The summed E-state index contributed by atoms with van der Waals surface area (Å²) in [5, 5.41) is 10.8. The first-order valence-corrected chi connectivity index (χ1v) is 4.11. The molecule has 4 heteroatoms. The second-order valence-corrected chi connectivity index (χ2v) is 2.59. The molecule has 0 aliphatic rings. The summed E-state index contributed by atoms with van der Waals surface area (Å²) in [5.74, 6) is 0.787. The van der Waals surface area contributed by atoms with Crippen molar-refractivity contribution in [3.8, 4) is 0 Å². The minimum atomic E-state index is 0.293. The third-order valence-electron chi connectivity index (χ3n) is 1.70. The van der Waals surface area contributed by atoms with E-state index in [-0.39, 0.29) is 0 Å². The van der Waals surface area contributed by atoms with Crippen molar-refractivity contribution in [1.82, 2.24) is 10.2 Å². The average molecular weight is 166 g/mol. The standard InChI is InChI=1S/C8H14N4/c1-2-7(6-9)11-8-4-3-5-10-12-8/h3-5,7H,2,6,9H2,1H3,(H,11,12). The van der Waals surface area contributed by atoms with Gasteiger partial charge in [0, 0.05) is 18.8 Å². The van der Waals surface area contributed by atoms with E-state index in [0.717, 1.165) is 12.2 Å². The zero-order valence-corrected chi connectivity index (χ0v) is 7.20. The van der Waals surface area contributed by atoms with Gasteiger partial charge in [-0.25, -0.2) is 0 Å². The van der Waals surface area contributed by atoms with E-state index < -0.39 is 0 Å². The number of aromatic nitrogens is 2. The van der Waals surface area contributed by atoms with Gasteiger partial charge in [-0.15, -0.1) is 5.10 Å². The molecule has 0 fully saturated rings. The number of hydrogen-bond acceptors (Lipinski definition) is 4. The molecule has 12 heavy (non-hydrogen) atoms. The number of hydrogen-bond donors (Lipinski definition) is 2. The van der Waals surface area contributed by atoms with Gasteiger partial charge in [-0.3, -0.25) is 0 Å². The molecule has 0 aromatic carbocycles. The van der Waals surface area contributed by atoms with Crippen LogP contribution in [0, 0.1) is 0 Å². The lowest BCUT2D eigenvalue weighted by atomic mass is 10.2. The molecule has 66 valence electrons. The predicted octanol–water partition coefficient (Wildman–Crippen LogP) is 0.626. The van der Waals surface area contributed by atoms with Crippen molar-refractivity contribution in [2.75, 3.05) is 11.9 Å². The maximum Gasteiger partial charge on any atom is 0.148 e. The van der Waals surface area contributed by atoms with E-state index >= 15 is 0 Å². The molecule has 1 heterocycles. The summed E-state index contributed by atoms with van der Waals surface area (Å²) in [6, 6.07) is 4.02. The fraction of sp³-hybridized carbons (Fsp3) is 0.500. The maximum absolute atomic E-state index is 5.52. The van der Waals surface area contributed by atoms with Crippen molar-refractivity contribution >= 4 is 5.82 Å². The normalized spacial score (nSPS) is 12.5. The Balaban J connectivity index is 2.51. The van der Waals surface area contributed by atoms with Gasteiger partial charge < -0.3 is 11.1 Å². The first kappa shape index (κ1) is 8.93. The molecule has 1 aromatic rings. The van der Waals surface area contributed by atoms with E-state index in [4.69, 9.17) is 5.73 Å². The Morgan fingerprint density at radius 3 is 3.00 bits per heavy atom. The van der Waals surface area contributed by atoms with Gasteiger partial charge in [-0.05, 0) is 18.6 Å². The Morgan fingerprint density at radius 2 is 2.50 bits per heavy atom. The molecule has 0 saturated heterocycles. The molecule has 1 unspecified atom stereocenters. The molecule has 0 amide bonds. The molecule has 1 aromatic heterocycles. The van der Waals surface area contributed by atoms with Crippen molar-refractivity contribution in [3.63, 3.8) is 0 Å². The molecule has 0 spiro atoms. The van der Waals surface area contributed by atoms with E-state index in [1.807, 2.05) is 12.1 Å². The number of rotatable bonds is 4. The second kappa shape index (κ2) is 4.66. The van der Waals surface area contributed by atoms with E-state index in [1.54, 1.807) is 6.20 Å². The highest BCUT2D eigenvalue weighted by Gasteiger charge is 2.02. The lowest BCUT2D eigenvalue weighted by molar-refractivity contribution is 0.697. The molecular weight excluding hydrogens is 152 g/mol. The Morgan fingerprint density at radius 1 is 1.67 bits per heavy atom. The fourth-order valence-electron chi connectivity index (χ4n) is 0.915. The van der Waals surface area contributed by atoms with E-state index in [2.05, 4.69) is 22.4 Å². The fourth-order valence-corrected chi connectivity index (χ4v) is 0.915. The lowest BCUT2D eigenvalue weighted by Crippen LogP contribution is -2.28. The minimum absolute atomic E-state index is 0.293. The topological polar surface area (TPSA) is 63.8 Å². The van der Waals surface area contributed by atoms with Crippen LogP contribution in [0.4, 0.5) is 5.82 Å². The Bertz CT molecular complexity index is 208. The molecule has 0 aliphatic carbocycles. The van der Waals surface area contributed by atoms with Crippen molar-refractivity contribution < 1.29 is 0 Å². The summed E-state index contributed by atoms with van der Waals surface area (Å²) < 4.78 is 0. The van der Waals surface area contributed by atoms with Gasteiger partial charge in [0.2, 0.25) is 0 Å². The van der Waals surface area contributed by atoms with Crippen LogP contribution in [0.2, 0.25) is 0 Å². The molecule has 0 bridgehead atoms. The van der Waals surface area contributed by atoms with Gasteiger partial charge in [0.1, 0.15) is 5.82 Å². The van der Waals surface area contributed by atoms with E-state index in [0.29, 0.717) is 12.6 Å². The summed E-state index contributed by atoms with van der Waals surface area (Å²) in [4.78, 5) is 0. The second-order valence-electron chi connectivity index (χ2n) is 2.59. The van der Waals surface area contributed by atoms with Gasteiger partial charge in [0.25, 0.3) is 0 Å². The van der Waals surface area contributed by atoms with Gasteiger partial charge in [0.05, 0.1) is 0 Å². The van der Waals surface area contributed by atoms with Crippen LogP contribution < -0.4 is 11.1 Å². The molecule has 4 nitrogen and oxygen atoms in total. The van der Waals surface area contributed by atoms with Crippen molar-refractivity contribution in [2.24, 2.45) is 5.73 Å². The van der Waals surface area contributed by atoms with Crippen LogP contribution in [0.15, 0.2) is 18.3 Å². The van der Waals surface area contributed by atoms with Gasteiger partial charge in [0.15, 0.2) is 0 Å². The third kappa shape index (κ3) is 2.47. The Hall–Kier alpha value is -1.16. The molecule has 0 saturated carbocycles. The lowest BCUT2D eigenvalue weighted by Gasteiger charge is -2.13. The highest BCUT2D eigenvalue weighted by atomic mass is 15.2. The Labute approximate surface area is 72.2 Å². The number of nitrogens with two attached hydrogens (primary N) is 1. The van der Waals surface area contributed by atoms with Crippen LogP contribution in [0.5, 0.6) is 0 Å². The molecule has 0 radical (unpaired) electrons. The number of anilines is 1. The van der Waals surface area contributed by atoms with Gasteiger partial charge >= 0.3 is 0 Å². The summed E-state index contributed by atoms with van der Waals surface area (Å²) in [6.07, 6.45) is 2.64. The van der Waals surface area contributed by atoms with Crippen LogP contribution in [0.25, 0.3) is 0 Å². The predicted molar refractivity (Wildman–Crippen MR) is 48.8 cm³/mol. The van der Waals surface area contributed by atoms with Crippen LogP contribution in [0.1, 0.15) is 13.3 Å². The highest BCUT2D eigenvalue weighted by Crippen LogP contribution is 2.02. The minimum Gasteiger partial charge on any atom is -0.365 e. The first-order valence-electron chi connectivity index (χ1n) is 4.11. The van der Waals surface area contributed by atoms with Crippen LogP contribution in [0.3, 0.4) is 0 Å². The molecule has 3 N–H and O–H groups in total. The zero-order valence-electron chi connectivity index (χ0n) is 7.20. The SMILES string of the molecule is CCC(CN)Nc1cccnn1. The van der Waals surface area contributed by atoms with Crippen LogP contribution in [-0.2, 0) is 0 Å². The quantitative estimate of drug-likeness (QED) is 0.688. The van der Waals surface area contributed by atoms with Crippen molar-refractivity contribution in [1.29, 1.82) is 0 Å². The molecule has 1 atom stereocenters. The maximum atomic E-state index is 5.52. The van der Waals surface area contributed by atoms with E-state index in [9.17, 15) is 0 Å².